The average Bonchev–Trinajstić information content (AvgIpc) is 2.94. The Morgan fingerprint density at radius 2 is 1.90 bits per heavy atom. The van der Waals surface area contributed by atoms with Crippen LogP contribution in [0.15, 0.2) is 30.3 Å². The number of hydrogen-bond donors (Lipinski definition) is 1. The molecule has 0 saturated heterocycles. The number of halogens is 3. The Morgan fingerprint density at radius 3 is 2.48 bits per heavy atom. The largest absolute Gasteiger partial charge is 0.497 e. The van der Waals surface area contributed by atoms with E-state index in [-0.39, 0.29) is 22.6 Å². The summed E-state index contributed by atoms with van der Waals surface area (Å²) in [5, 5.41) is 6.53. The highest BCUT2D eigenvalue weighted by Crippen LogP contribution is 2.37. The molecule has 3 aromatic rings. The van der Waals surface area contributed by atoms with Gasteiger partial charge in [-0.15, -0.1) is 0 Å². The molecular formula is C19H19F3N4O3. The second kappa shape index (κ2) is 7.61. The summed E-state index contributed by atoms with van der Waals surface area (Å²) in [7, 11) is 3.01. The maximum atomic E-state index is 13.5. The van der Waals surface area contributed by atoms with Crippen LogP contribution < -0.4 is 14.8 Å². The molecule has 0 bridgehead atoms. The molecule has 10 heteroatoms. The fourth-order valence-electron chi connectivity index (χ4n) is 2.86. The van der Waals surface area contributed by atoms with Crippen molar-refractivity contribution in [2.75, 3.05) is 12.4 Å². The SMILES string of the molecule is COc1ccc(NC(=O)C(C)Oc2cc(C(F)(F)F)c3c(C)nn(C)c3n2)cc1. The zero-order chi connectivity index (χ0) is 21.3. The van der Waals surface area contributed by atoms with Gasteiger partial charge in [0.2, 0.25) is 5.88 Å². The first-order chi connectivity index (χ1) is 13.6. The molecule has 0 radical (unpaired) electrons. The molecule has 29 heavy (non-hydrogen) atoms. The van der Waals surface area contributed by atoms with Crippen LogP contribution in [0.5, 0.6) is 11.6 Å². The lowest BCUT2D eigenvalue weighted by Crippen LogP contribution is -2.30. The molecule has 2 heterocycles. The molecular weight excluding hydrogens is 389 g/mol. The molecule has 1 N–H and O–H groups in total. The molecule has 1 atom stereocenters. The van der Waals surface area contributed by atoms with E-state index in [1.165, 1.54) is 32.7 Å². The second-order valence-corrected chi connectivity index (χ2v) is 6.39. The zero-order valence-corrected chi connectivity index (χ0v) is 16.2. The molecule has 0 fully saturated rings. The summed E-state index contributed by atoms with van der Waals surface area (Å²) in [6.45, 7) is 2.90. The van der Waals surface area contributed by atoms with Gasteiger partial charge in [-0.3, -0.25) is 9.48 Å². The summed E-state index contributed by atoms with van der Waals surface area (Å²) in [6, 6.07) is 7.38. The van der Waals surface area contributed by atoms with E-state index >= 15 is 0 Å². The first kappa shape index (κ1) is 20.4. The number of nitrogens with zero attached hydrogens (tertiary/aromatic N) is 3. The van der Waals surface area contributed by atoms with Gasteiger partial charge in [0.1, 0.15) is 5.75 Å². The number of pyridine rings is 1. The number of anilines is 1. The Bertz CT molecular complexity index is 1050. The Morgan fingerprint density at radius 1 is 1.24 bits per heavy atom. The summed E-state index contributed by atoms with van der Waals surface area (Å²) in [5.74, 6) is -0.229. The molecule has 7 nitrogen and oxygen atoms in total. The Hall–Kier alpha value is -3.30. The Balaban J connectivity index is 1.84. The molecule has 1 unspecified atom stereocenters. The molecule has 1 amide bonds. The summed E-state index contributed by atoms with van der Waals surface area (Å²) in [5.41, 5.74) is -0.187. The van der Waals surface area contributed by atoms with E-state index in [1.807, 2.05) is 0 Å². The third-order valence-electron chi connectivity index (χ3n) is 4.27. The van der Waals surface area contributed by atoms with Gasteiger partial charge in [-0.1, -0.05) is 0 Å². The maximum Gasteiger partial charge on any atom is 0.417 e. The van der Waals surface area contributed by atoms with Crippen molar-refractivity contribution in [3.8, 4) is 11.6 Å². The van der Waals surface area contributed by atoms with Crippen LogP contribution in [0.4, 0.5) is 18.9 Å². The number of carbonyl (C=O) groups is 1. The van der Waals surface area contributed by atoms with Gasteiger partial charge in [0, 0.05) is 18.8 Å². The van der Waals surface area contributed by atoms with Crippen molar-refractivity contribution < 1.29 is 27.4 Å². The highest BCUT2D eigenvalue weighted by atomic mass is 19.4. The average molecular weight is 408 g/mol. The number of methoxy groups -OCH3 is 1. The third-order valence-corrected chi connectivity index (χ3v) is 4.27. The van der Waals surface area contributed by atoms with Gasteiger partial charge < -0.3 is 14.8 Å². The fraction of sp³-hybridized carbons (Fsp3) is 0.316. The predicted octanol–water partition coefficient (Wildman–Crippen LogP) is 3.71. The molecule has 0 aliphatic carbocycles. The van der Waals surface area contributed by atoms with Gasteiger partial charge in [0.25, 0.3) is 5.91 Å². The summed E-state index contributed by atoms with van der Waals surface area (Å²) in [4.78, 5) is 16.5. The van der Waals surface area contributed by atoms with Crippen molar-refractivity contribution in [2.45, 2.75) is 26.1 Å². The minimum Gasteiger partial charge on any atom is -0.497 e. The lowest BCUT2D eigenvalue weighted by molar-refractivity contribution is -0.136. The van der Waals surface area contributed by atoms with Gasteiger partial charge in [-0.2, -0.15) is 23.3 Å². The molecule has 154 valence electrons. The van der Waals surface area contributed by atoms with Crippen LogP contribution in [0.3, 0.4) is 0 Å². The van der Waals surface area contributed by atoms with E-state index in [2.05, 4.69) is 15.4 Å². The van der Waals surface area contributed by atoms with Gasteiger partial charge in [0.15, 0.2) is 11.8 Å². The molecule has 1 aromatic carbocycles. The molecule has 3 rings (SSSR count). The maximum absolute atomic E-state index is 13.5. The standard InChI is InChI=1S/C19H19F3N4O3/c1-10-16-14(19(20,21)22)9-15(24-17(16)26(3)25-10)29-11(2)18(27)23-12-5-7-13(28-4)8-6-12/h5-9,11H,1-4H3,(H,23,27). The van der Waals surface area contributed by atoms with Crippen molar-refractivity contribution in [3.63, 3.8) is 0 Å². The number of rotatable bonds is 5. The minimum atomic E-state index is -4.62. The van der Waals surface area contributed by atoms with Gasteiger partial charge >= 0.3 is 6.18 Å². The van der Waals surface area contributed by atoms with Crippen molar-refractivity contribution in [2.24, 2.45) is 7.05 Å². The molecule has 2 aromatic heterocycles. The van der Waals surface area contributed by atoms with Crippen LogP contribution in [0.1, 0.15) is 18.2 Å². The number of carbonyl (C=O) groups excluding carboxylic acids is 1. The van der Waals surface area contributed by atoms with Crippen LogP contribution in [-0.4, -0.2) is 33.9 Å². The smallest absolute Gasteiger partial charge is 0.417 e. The highest BCUT2D eigenvalue weighted by molar-refractivity contribution is 5.94. The number of amides is 1. The zero-order valence-electron chi connectivity index (χ0n) is 16.2. The van der Waals surface area contributed by atoms with Gasteiger partial charge in [-0.25, -0.2) is 0 Å². The predicted molar refractivity (Wildman–Crippen MR) is 100.0 cm³/mol. The lowest BCUT2D eigenvalue weighted by atomic mass is 10.1. The second-order valence-electron chi connectivity index (χ2n) is 6.39. The van der Waals surface area contributed by atoms with Crippen LogP contribution in [0.25, 0.3) is 11.0 Å². The van der Waals surface area contributed by atoms with Gasteiger partial charge in [-0.05, 0) is 38.1 Å². The van der Waals surface area contributed by atoms with E-state index in [9.17, 15) is 18.0 Å². The quantitative estimate of drug-likeness (QED) is 0.696. The number of alkyl halides is 3. The van der Waals surface area contributed by atoms with Crippen LogP contribution in [-0.2, 0) is 18.0 Å². The van der Waals surface area contributed by atoms with E-state index in [0.717, 1.165) is 6.07 Å². The summed E-state index contributed by atoms with van der Waals surface area (Å²) in [6.07, 6.45) is -5.71. The normalized spacial score (nSPS) is 12.7. The lowest BCUT2D eigenvalue weighted by Gasteiger charge is -2.16. The van der Waals surface area contributed by atoms with Gasteiger partial charge in [0.05, 0.1) is 23.8 Å². The summed E-state index contributed by atoms with van der Waals surface area (Å²) < 4.78 is 52.3. The van der Waals surface area contributed by atoms with E-state index in [0.29, 0.717) is 11.4 Å². The first-order valence-corrected chi connectivity index (χ1v) is 8.63. The van der Waals surface area contributed by atoms with Crippen molar-refractivity contribution in [1.29, 1.82) is 0 Å². The van der Waals surface area contributed by atoms with E-state index < -0.39 is 23.8 Å². The number of benzene rings is 1. The summed E-state index contributed by atoms with van der Waals surface area (Å²) >= 11 is 0. The number of aryl methyl sites for hydroxylation is 2. The van der Waals surface area contributed by atoms with E-state index in [4.69, 9.17) is 9.47 Å². The molecule has 0 spiro atoms. The number of ether oxygens (including phenoxy) is 2. The highest BCUT2D eigenvalue weighted by Gasteiger charge is 2.36. The Kier molecular flexibility index (Phi) is 5.36. The fourth-order valence-corrected chi connectivity index (χ4v) is 2.86. The molecule has 0 saturated carbocycles. The monoisotopic (exact) mass is 408 g/mol. The Labute approximate surface area is 164 Å². The topological polar surface area (TPSA) is 78.3 Å². The van der Waals surface area contributed by atoms with Crippen LogP contribution in [0, 0.1) is 6.92 Å². The van der Waals surface area contributed by atoms with Crippen molar-refractivity contribution in [3.05, 3.63) is 41.6 Å². The van der Waals surface area contributed by atoms with Crippen LogP contribution >= 0.6 is 0 Å². The third kappa shape index (κ3) is 4.25. The minimum absolute atomic E-state index is 0.0232. The number of hydrogen-bond acceptors (Lipinski definition) is 5. The van der Waals surface area contributed by atoms with Crippen molar-refractivity contribution >= 4 is 22.6 Å². The number of fused-ring (bicyclic) bond motifs is 1. The van der Waals surface area contributed by atoms with Crippen molar-refractivity contribution in [1.82, 2.24) is 14.8 Å². The number of aromatic nitrogens is 3. The molecule has 0 aliphatic rings. The number of nitrogens with one attached hydrogen (secondary N) is 1. The van der Waals surface area contributed by atoms with E-state index in [1.54, 1.807) is 24.3 Å². The van der Waals surface area contributed by atoms with Crippen LogP contribution in [0.2, 0.25) is 0 Å². The first-order valence-electron chi connectivity index (χ1n) is 8.63. The molecule has 0 aliphatic heterocycles.